The number of carbonyl (C=O) groups excluding carboxylic acids is 2. The first kappa shape index (κ1) is 43.3. The third-order valence-electron chi connectivity index (χ3n) is 9.31. The van der Waals surface area contributed by atoms with Crippen molar-refractivity contribution in [2.75, 3.05) is 54.2 Å². The van der Waals surface area contributed by atoms with Crippen LogP contribution < -0.4 is 16.0 Å². The highest BCUT2D eigenvalue weighted by Gasteiger charge is 2.42. The van der Waals surface area contributed by atoms with E-state index in [1.807, 2.05) is 0 Å². The Morgan fingerprint density at radius 3 is 1.70 bits per heavy atom. The van der Waals surface area contributed by atoms with E-state index in [0.717, 1.165) is 0 Å². The van der Waals surface area contributed by atoms with Crippen molar-refractivity contribution in [3.8, 4) is 0 Å². The van der Waals surface area contributed by atoms with Crippen LogP contribution in [0.3, 0.4) is 0 Å². The summed E-state index contributed by atoms with van der Waals surface area (Å²) in [4.78, 5) is 53.7. The van der Waals surface area contributed by atoms with E-state index in [1.54, 1.807) is 0 Å². The van der Waals surface area contributed by atoms with Gasteiger partial charge in [-0.25, -0.2) is 9.59 Å². The van der Waals surface area contributed by atoms with E-state index in [2.05, 4.69) is 20.9 Å². The van der Waals surface area contributed by atoms with Crippen molar-refractivity contribution >= 4 is 29.2 Å². The molecule has 3 rings (SSSR count). The molecule has 0 radical (unpaired) electrons. The molecular weight excluding hydrogens is 704 g/mol. The molecule has 3 aliphatic carbocycles. The Hall–Kier alpha value is -4.11. The summed E-state index contributed by atoms with van der Waals surface area (Å²) in [6, 6.07) is -2.40. The van der Waals surface area contributed by atoms with Crippen molar-refractivity contribution in [1.29, 1.82) is 0 Å². The Kier molecular flexibility index (Phi) is 15.3. The second-order valence-corrected chi connectivity index (χ2v) is 13.7. The number of aliphatic hydroxyl groups excluding tert-OH is 3. The lowest BCUT2D eigenvalue weighted by atomic mass is 9.85. The number of allylic oxidation sites excluding steroid dienone is 2. The number of nitrogens with one attached hydrogen (secondary N) is 3. The average molecular weight is 757 g/mol. The first-order valence-electron chi connectivity index (χ1n) is 17.1. The second kappa shape index (κ2) is 18.8. The Bertz CT molecular complexity index is 1500. The molecule has 11 N–H and O–H groups in total. The summed E-state index contributed by atoms with van der Waals surface area (Å²) in [5.74, 6) is -3.89. The number of aliphatic imine (C=N–C) groups is 1. The van der Waals surface area contributed by atoms with Crippen LogP contribution in [0.15, 0.2) is 39.7 Å². The van der Waals surface area contributed by atoms with Crippen molar-refractivity contribution in [2.24, 2.45) is 4.99 Å². The molecule has 0 amide bonds. The third-order valence-corrected chi connectivity index (χ3v) is 9.31. The minimum atomic E-state index is -1.76. The van der Waals surface area contributed by atoms with Crippen LogP contribution in [0.1, 0.15) is 57.8 Å². The zero-order valence-corrected chi connectivity index (χ0v) is 30.1. The van der Waals surface area contributed by atoms with Crippen molar-refractivity contribution in [1.82, 2.24) is 16.0 Å². The number of carboxylic acids is 2. The smallest absolute Gasteiger partial charge is 0.326 e. The van der Waals surface area contributed by atoms with Crippen LogP contribution in [0.2, 0.25) is 0 Å². The highest BCUT2D eigenvalue weighted by atomic mass is 16.5. The Labute approximate surface area is 306 Å². The first-order valence-corrected chi connectivity index (χ1v) is 17.1. The van der Waals surface area contributed by atoms with E-state index in [-0.39, 0.29) is 93.8 Å². The van der Waals surface area contributed by atoms with Crippen molar-refractivity contribution in [3.05, 3.63) is 34.7 Å². The molecule has 298 valence electrons. The summed E-state index contributed by atoms with van der Waals surface area (Å²) >= 11 is 0. The number of hydrogen-bond acceptors (Lipinski definition) is 17. The van der Waals surface area contributed by atoms with Gasteiger partial charge in [0.05, 0.1) is 51.1 Å². The van der Waals surface area contributed by atoms with Crippen LogP contribution >= 0.6 is 0 Å². The monoisotopic (exact) mass is 756 g/mol. The summed E-state index contributed by atoms with van der Waals surface area (Å²) < 4.78 is 15.9. The number of aliphatic hydroxyl groups is 6. The lowest BCUT2D eigenvalue weighted by molar-refractivity contribution is -0.140. The Balaban J connectivity index is 1.66. The molecule has 3 aliphatic rings. The first-order chi connectivity index (χ1) is 25.0. The number of nitrogens with zero attached hydrogens (tertiary/aromatic N) is 1. The van der Waals surface area contributed by atoms with Crippen LogP contribution in [-0.2, 0) is 33.4 Å². The number of carbonyl (C=O) groups is 4. The van der Waals surface area contributed by atoms with Gasteiger partial charge in [0, 0.05) is 58.0 Å². The Morgan fingerprint density at radius 1 is 0.792 bits per heavy atom. The van der Waals surface area contributed by atoms with Gasteiger partial charge in [-0.1, -0.05) is 0 Å². The fourth-order valence-electron chi connectivity index (χ4n) is 6.61. The van der Waals surface area contributed by atoms with Crippen molar-refractivity contribution in [2.45, 2.75) is 92.8 Å². The highest BCUT2D eigenvalue weighted by molar-refractivity contribution is 5.97. The molecule has 0 heterocycles. The lowest BCUT2D eigenvalue weighted by Crippen LogP contribution is -2.47. The van der Waals surface area contributed by atoms with Gasteiger partial charge < -0.3 is 71.0 Å². The maximum absolute atomic E-state index is 12.5. The minimum Gasteiger partial charge on any atom is -0.491 e. The maximum Gasteiger partial charge on any atom is 0.326 e. The quantitative estimate of drug-likeness (QED) is 0.0543. The molecule has 0 aromatic heterocycles. The molecule has 53 heavy (non-hydrogen) atoms. The van der Waals surface area contributed by atoms with Gasteiger partial charge in [-0.3, -0.25) is 14.6 Å². The molecule has 0 aromatic carbocycles. The number of ketones is 2. The highest BCUT2D eigenvalue weighted by Crippen LogP contribution is 2.32. The largest absolute Gasteiger partial charge is 0.491 e. The fourth-order valence-corrected chi connectivity index (χ4v) is 6.61. The van der Waals surface area contributed by atoms with Crippen molar-refractivity contribution < 1.29 is 74.2 Å². The van der Waals surface area contributed by atoms with Gasteiger partial charge in [-0.15, -0.1) is 0 Å². The van der Waals surface area contributed by atoms with Crippen LogP contribution in [0.25, 0.3) is 0 Å². The molecule has 0 fully saturated rings. The molecule has 19 nitrogen and oxygen atoms in total. The van der Waals surface area contributed by atoms with E-state index >= 15 is 0 Å². The van der Waals surface area contributed by atoms with Gasteiger partial charge in [-0.05, 0) is 31.8 Å². The summed E-state index contributed by atoms with van der Waals surface area (Å²) in [5.41, 5.74) is -4.42. The van der Waals surface area contributed by atoms with E-state index in [9.17, 15) is 60.0 Å². The summed E-state index contributed by atoms with van der Waals surface area (Å²) in [7, 11) is 3.90. The van der Waals surface area contributed by atoms with E-state index in [0.29, 0.717) is 11.4 Å². The molecule has 0 saturated heterocycles. The molecule has 0 spiro atoms. The molecule has 0 aromatic rings. The summed E-state index contributed by atoms with van der Waals surface area (Å²) in [6.45, 7) is -1.81. The number of Topliss-reactive ketones (excluding diaryl/α,β-unsaturated/α-hetero) is 2. The molecule has 19 heteroatoms. The standard InChI is InChI=1S/C34H52N4O15/c1-51-27-21(35-8-4-6-19(30(44)45)37-23-12-33(49,17-40)14-25(42)28(23)52-2)10-32(48,16-39)11-22(27)36-9-5-7-20(31(46)47)38-24-13-34(50,18-41)15-26(43)29(24)53-3/h10,19-20,27,35,37-41,48-50H,4-9,11-18H2,1-3H3,(H,44,45)(H,46,47). The topological polar surface area (TPSA) is 306 Å². The van der Waals surface area contributed by atoms with E-state index in [1.165, 1.54) is 27.4 Å². The van der Waals surface area contributed by atoms with Gasteiger partial charge >= 0.3 is 11.9 Å². The van der Waals surface area contributed by atoms with Gasteiger partial charge in [-0.2, -0.15) is 0 Å². The molecule has 6 atom stereocenters. The number of methoxy groups -OCH3 is 3. The summed E-state index contributed by atoms with van der Waals surface area (Å²) in [6.07, 6.45) is -0.159. The van der Waals surface area contributed by atoms with Gasteiger partial charge in [0.25, 0.3) is 0 Å². The number of rotatable bonds is 21. The normalized spacial score (nSPS) is 28.4. The lowest BCUT2D eigenvalue weighted by Gasteiger charge is -2.35. The number of carboxylic acid groups (broad SMARTS) is 2. The predicted molar refractivity (Wildman–Crippen MR) is 184 cm³/mol. The number of aliphatic carboxylic acids is 2. The van der Waals surface area contributed by atoms with Crippen LogP contribution in [0, 0.1) is 0 Å². The zero-order valence-electron chi connectivity index (χ0n) is 30.1. The van der Waals surface area contributed by atoms with E-state index in [4.69, 9.17) is 14.2 Å². The molecular formula is C34H52N4O15. The maximum atomic E-state index is 12.5. The van der Waals surface area contributed by atoms with Crippen LogP contribution in [0.5, 0.6) is 0 Å². The third kappa shape index (κ3) is 11.2. The Morgan fingerprint density at radius 2 is 1.28 bits per heavy atom. The van der Waals surface area contributed by atoms with Crippen LogP contribution in [-0.4, -0.2) is 159 Å². The fraction of sp³-hybridized carbons (Fsp3) is 0.676. The van der Waals surface area contributed by atoms with Gasteiger partial charge in [0.15, 0.2) is 11.5 Å². The van der Waals surface area contributed by atoms with Gasteiger partial charge in [0.1, 0.15) is 35.0 Å². The molecule has 6 unspecified atom stereocenters. The molecule has 0 aliphatic heterocycles. The SMILES string of the molecule is COC1=C(NC(CCCN=C2CC(O)(CO)C=C(NCCCC(NC3=C(OC)C(=O)CC(O)(CO)C3)C(=O)O)C2OC)C(=O)O)CC(O)(CO)CC1=O. The average Bonchev–Trinajstić information content (AvgIpc) is 3.10. The molecule has 0 saturated carbocycles. The predicted octanol–water partition coefficient (Wildman–Crippen LogP) is -2.42. The minimum absolute atomic E-state index is 0.0240. The molecule has 0 bridgehead atoms. The number of ether oxygens (including phenoxy) is 3. The summed E-state index contributed by atoms with van der Waals surface area (Å²) in [5, 5.41) is 89.6. The van der Waals surface area contributed by atoms with Crippen molar-refractivity contribution in [3.63, 3.8) is 0 Å². The number of hydrogen-bond donors (Lipinski definition) is 11. The van der Waals surface area contributed by atoms with Gasteiger partial charge in [0.2, 0.25) is 11.6 Å². The second-order valence-electron chi connectivity index (χ2n) is 13.7. The zero-order chi connectivity index (χ0) is 39.6. The van der Waals surface area contributed by atoms with E-state index < -0.39 is 78.3 Å². The van der Waals surface area contributed by atoms with Crippen LogP contribution in [0.4, 0.5) is 0 Å².